The van der Waals surface area contributed by atoms with Gasteiger partial charge in [-0.3, -0.25) is 9.71 Å². The number of pyridine rings is 1. The Bertz CT molecular complexity index is 1380. The molecule has 1 aromatic carbocycles. The molecule has 0 spiro atoms. The number of rotatable bonds is 7. The third kappa shape index (κ3) is 4.55. The standard InChI is InChI=1S/C24H23N5O3S2/c1-34(30,31)27-17-9-11-18(12-10-17)29-23(22(26-24(29)33)20-7-2-3-13-25-20)21-8-4-14-28(21)16-19-6-5-15-32-19/h2-15,22-23,27H,16H2,1H3,(H,26,33)/t22-,23-/m1/s1. The summed E-state index contributed by atoms with van der Waals surface area (Å²) in [7, 11) is -3.36. The maximum absolute atomic E-state index is 11.6. The maximum atomic E-state index is 11.6. The van der Waals surface area contributed by atoms with Crippen molar-refractivity contribution in [2.45, 2.75) is 18.6 Å². The highest BCUT2D eigenvalue weighted by molar-refractivity contribution is 7.92. The highest BCUT2D eigenvalue weighted by Crippen LogP contribution is 2.42. The Kier molecular flexibility index (Phi) is 5.84. The Morgan fingerprint density at radius 2 is 1.91 bits per heavy atom. The van der Waals surface area contributed by atoms with E-state index in [1.54, 1.807) is 24.6 Å². The van der Waals surface area contributed by atoms with Gasteiger partial charge in [-0.1, -0.05) is 6.07 Å². The lowest BCUT2D eigenvalue weighted by atomic mass is 10.0. The smallest absolute Gasteiger partial charge is 0.229 e. The van der Waals surface area contributed by atoms with Gasteiger partial charge in [0.15, 0.2) is 5.11 Å². The molecule has 1 fully saturated rings. The molecule has 1 aliphatic heterocycles. The van der Waals surface area contributed by atoms with Crippen molar-refractivity contribution in [2.24, 2.45) is 0 Å². The Hall–Kier alpha value is -3.63. The van der Waals surface area contributed by atoms with E-state index in [0.717, 1.165) is 29.1 Å². The summed E-state index contributed by atoms with van der Waals surface area (Å²) in [5.74, 6) is 0.850. The van der Waals surface area contributed by atoms with Crippen molar-refractivity contribution in [2.75, 3.05) is 15.9 Å². The molecule has 0 amide bonds. The second-order valence-corrected chi connectivity index (χ2v) is 10.2. The third-order valence-corrected chi connectivity index (χ3v) is 6.54. The highest BCUT2D eigenvalue weighted by Gasteiger charge is 2.42. The molecule has 0 bridgehead atoms. The summed E-state index contributed by atoms with van der Waals surface area (Å²) in [6, 6.07) is 20.5. The van der Waals surface area contributed by atoms with Crippen LogP contribution in [0.2, 0.25) is 0 Å². The van der Waals surface area contributed by atoms with Crippen LogP contribution in [0.4, 0.5) is 11.4 Å². The predicted molar refractivity (Wildman–Crippen MR) is 135 cm³/mol. The second kappa shape index (κ2) is 8.96. The molecule has 3 aromatic heterocycles. The number of nitrogens with zero attached hydrogens (tertiary/aromatic N) is 3. The molecule has 0 unspecified atom stereocenters. The van der Waals surface area contributed by atoms with Crippen LogP contribution in [0.5, 0.6) is 0 Å². The monoisotopic (exact) mass is 493 g/mol. The molecule has 174 valence electrons. The van der Waals surface area contributed by atoms with Gasteiger partial charge >= 0.3 is 0 Å². The summed E-state index contributed by atoms with van der Waals surface area (Å²) in [6.07, 6.45) is 6.58. The number of benzene rings is 1. The van der Waals surface area contributed by atoms with Gasteiger partial charge in [0.25, 0.3) is 0 Å². The Morgan fingerprint density at radius 3 is 2.59 bits per heavy atom. The summed E-state index contributed by atoms with van der Waals surface area (Å²) >= 11 is 5.78. The quantitative estimate of drug-likeness (QED) is 0.375. The fourth-order valence-corrected chi connectivity index (χ4v) is 5.16. The van der Waals surface area contributed by atoms with Gasteiger partial charge in [0.2, 0.25) is 10.0 Å². The molecular formula is C24H23N5O3S2. The molecule has 0 radical (unpaired) electrons. The number of nitrogens with one attached hydrogen (secondary N) is 2. The van der Waals surface area contributed by atoms with E-state index < -0.39 is 10.0 Å². The lowest BCUT2D eigenvalue weighted by Crippen LogP contribution is -2.30. The molecule has 0 aliphatic carbocycles. The number of thiocarbonyl (C=S) groups is 1. The van der Waals surface area contributed by atoms with Crippen LogP contribution in [0.15, 0.2) is 89.8 Å². The van der Waals surface area contributed by atoms with Crippen LogP contribution in [0.25, 0.3) is 0 Å². The number of hydrogen-bond donors (Lipinski definition) is 2. The van der Waals surface area contributed by atoms with E-state index in [0.29, 0.717) is 17.3 Å². The van der Waals surface area contributed by atoms with Gasteiger partial charge in [-0.2, -0.15) is 0 Å². The zero-order valence-electron chi connectivity index (χ0n) is 18.3. The second-order valence-electron chi connectivity index (χ2n) is 8.06. The van der Waals surface area contributed by atoms with Crippen molar-refractivity contribution in [3.05, 3.63) is 103 Å². The lowest BCUT2D eigenvalue weighted by Gasteiger charge is -2.29. The Morgan fingerprint density at radius 1 is 1.09 bits per heavy atom. The predicted octanol–water partition coefficient (Wildman–Crippen LogP) is 4.07. The van der Waals surface area contributed by atoms with Crippen molar-refractivity contribution in [1.29, 1.82) is 0 Å². The largest absolute Gasteiger partial charge is 0.467 e. The van der Waals surface area contributed by atoms with Crippen LogP contribution in [-0.4, -0.2) is 29.3 Å². The Labute approximate surface area is 203 Å². The summed E-state index contributed by atoms with van der Waals surface area (Å²) in [4.78, 5) is 6.64. The molecule has 2 N–H and O–H groups in total. The first-order valence-corrected chi connectivity index (χ1v) is 12.9. The molecule has 34 heavy (non-hydrogen) atoms. The van der Waals surface area contributed by atoms with Crippen LogP contribution in [0, 0.1) is 0 Å². The number of aromatic nitrogens is 2. The first kappa shape index (κ1) is 22.2. The van der Waals surface area contributed by atoms with Crippen molar-refractivity contribution in [3.63, 3.8) is 0 Å². The van der Waals surface area contributed by atoms with E-state index in [1.807, 2.05) is 59.6 Å². The summed E-state index contributed by atoms with van der Waals surface area (Å²) in [6.45, 7) is 0.582. The van der Waals surface area contributed by atoms with Gasteiger partial charge in [0, 0.05) is 29.5 Å². The zero-order valence-corrected chi connectivity index (χ0v) is 20.0. The first-order chi connectivity index (χ1) is 16.4. The number of furan rings is 1. The van der Waals surface area contributed by atoms with Crippen LogP contribution >= 0.6 is 12.2 Å². The number of sulfonamides is 1. The van der Waals surface area contributed by atoms with E-state index in [4.69, 9.17) is 16.6 Å². The van der Waals surface area contributed by atoms with Gasteiger partial charge in [-0.05, 0) is 72.9 Å². The topological polar surface area (TPSA) is 92.4 Å². The van der Waals surface area contributed by atoms with Crippen LogP contribution < -0.4 is 14.9 Å². The maximum Gasteiger partial charge on any atom is 0.229 e. The van der Waals surface area contributed by atoms with E-state index in [1.165, 1.54) is 0 Å². The van der Waals surface area contributed by atoms with E-state index in [-0.39, 0.29) is 12.1 Å². The van der Waals surface area contributed by atoms with Crippen LogP contribution in [-0.2, 0) is 16.6 Å². The summed E-state index contributed by atoms with van der Waals surface area (Å²) < 4.78 is 33.4. The fraction of sp³-hybridized carbons (Fsp3) is 0.167. The van der Waals surface area contributed by atoms with E-state index in [9.17, 15) is 8.42 Å². The van der Waals surface area contributed by atoms with Gasteiger partial charge in [0.1, 0.15) is 11.8 Å². The molecule has 2 atom stereocenters. The minimum absolute atomic E-state index is 0.187. The molecule has 1 saturated heterocycles. The summed E-state index contributed by atoms with van der Waals surface area (Å²) in [5.41, 5.74) is 3.24. The van der Waals surface area contributed by atoms with E-state index in [2.05, 4.69) is 25.7 Å². The minimum atomic E-state index is -3.36. The van der Waals surface area contributed by atoms with Crippen molar-refractivity contribution >= 4 is 38.7 Å². The van der Waals surface area contributed by atoms with Crippen molar-refractivity contribution < 1.29 is 12.8 Å². The average Bonchev–Trinajstić information content (AvgIpc) is 3.55. The first-order valence-electron chi connectivity index (χ1n) is 10.6. The van der Waals surface area contributed by atoms with Crippen molar-refractivity contribution in [1.82, 2.24) is 14.9 Å². The molecule has 5 rings (SSSR count). The normalized spacial score (nSPS) is 18.1. The van der Waals surface area contributed by atoms with Gasteiger partial charge in [-0.25, -0.2) is 8.42 Å². The molecule has 8 nitrogen and oxygen atoms in total. The zero-order chi connectivity index (χ0) is 23.7. The Balaban J connectivity index is 1.56. The third-order valence-electron chi connectivity index (χ3n) is 5.62. The lowest BCUT2D eigenvalue weighted by molar-refractivity contribution is 0.475. The van der Waals surface area contributed by atoms with Crippen molar-refractivity contribution in [3.8, 4) is 0 Å². The highest BCUT2D eigenvalue weighted by atomic mass is 32.2. The van der Waals surface area contributed by atoms with Gasteiger partial charge < -0.3 is 19.2 Å². The SMILES string of the molecule is CS(=O)(=O)Nc1ccc(N2C(=S)N[C@H](c3ccccn3)[C@H]2c2cccn2Cc2ccco2)cc1. The average molecular weight is 494 g/mol. The summed E-state index contributed by atoms with van der Waals surface area (Å²) in [5, 5.41) is 4.01. The molecule has 0 saturated carbocycles. The van der Waals surface area contributed by atoms with Crippen LogP contribution in [0.1, 0.15) is 29.2 Å². The number of hydrogen-bond acceptors (Lipinski definition) is 5. The molecule has 4 aromatic rings. The fourth-order valence-electron chi connectivity index (χ4n) is 4.25. The molecular weight excluding hydrogens is 470 g/mol. The van der Waals surface area contributed by atoms with Crippen LogP contribution in [0.3, 0.4) is 0 Å². The molecule has 10 heteroatoms. The van der Waals surface area contributed by atoms with Gasteiger partial charge in [0.05, 0.1) is 30.8 Å². The number of anilines is 2. The molecule has 1 aliphatic rings. The minimum Gasteiger partial charge on any atom is -0.467 e. The molecule has 4 heterocycles. The van der Waals surface area contributed by atoms with Gasteiger partial charge in [-0.15, -0.1) is 0 Å². The van der Waals surface area contributed by atoms with E-state index >= 15 is 0 Å².